The molecule has 1 aliphatic rings. The van der Waals surface area contributed by atoms with Gasteiger partial charge in [0.25, 0.3) is 5.91 Å². The van der Waals surface area contributed by atoms with Crippen LogP contribution in [0, 0.1) is 6.92 Å². The Morgan fingerprint density at radius 2 is 2.28 bits per heavy atom. The molecule has 0 aromatic heterocycles. The van der Waals surface area contributed by atoms with Gasteiger partial charge in [0.15, 0.2) is 0 Å². The molecular formula is C13H16N2O3. The van der Waals surface area contributed by atoms with Crippen molar-refractivity contribution < 1.29 is 14.4 Å². The number of amides is 2. The smallest absolute Gasteiger partial charge is 0.256 e. The van der Waals surface area contributed by atoms with E-state index in [2.05, 4.69) is 0 Å². The normalized spacial score (nSPS) is 19.3. The number of hydrogen-bond donors (Lipinski definition) is 1. The molecule has 18 heavy (non-hydrogen) atoms. The average molecular weight is 248 g/mol. The molecule has 96 valence electrons. The third-order valence-electron chi connectivity index (χ3n) is 3.24. The predicted molar refractivity (Wildman–Crippen MR) is 65.8 cm³/mol. The number of carbonyl (C=O) groups is 2. The van der Waals surface area contributed by atoms with Crippen molar-refractivity contribution >= 4 is 11.8 Å². The van der Waals surface area contributed by atoms with Gasteiger partial charge in [-0.2, -0.15) is 0 Å². The van der Waals surface area contributed by atoms with Gasteiger partial charge in [-0.25, -0.2) is 5.06 Å². The highest BCUT2D eigenvalue weighted by molar-refractivity contribution is 5.95. The SMILES string of the molecule is CCN1OC[C@@H](c2cccc(C(N)=O)c2C)C1=O. The fourth-order valence-corrected chi connectivity index (χ4v) is 2.24. The minimum atomic E-state index is -0.479. The molecule has 5 nitrogen and oxygen atoms in total. The van der Waals surface area contributed by atoms with Crippen LogP contribution in [0.15, 0.2) is 18.2 Å². The minimum absolute atomic E-state index is 0.0674. The van der Waals surface area contributed by atoms with Crippen LogP contribution in [0.2, 0.25) is 0 Å². The first kappa shape index (κ1) is 12.6. The quantitative estimate of drug-likeness (QED) is 0.866. The molecule has 2 amide bonds. The third kappa shape index (κ3) is 1.97. The van der Waals surface area contributed by atoms with Gasteiger partial charge in [0.05, 0.1) is 12.5 Å². The van der Waals surface area contributed by atoms with Crippen molar-refractivity contribution in [3.05, 3.63) is 34.9 Å². The van der Waals surface area contributed by atoms with Gasteiger partial charge in [0.1, 0.15) is 0 Å². The lowest BCUT2D eigenvalue weighted by Gasteiger charge is -2.14. The van der Waals surface area contributed by atoms with Gasteiger partial charge in [0.2, 0.25) is 5.91 Å². The van der Waals surface area contributed by atoms with Crippen LogP contribution < -0.4 is 5.73 Å². The molecule has 5 heteroatoms. The zero-order chi connectivity index (χ0) is 13.3. The van der Waals surface area contributed by atoms with Crippen molar-refractivity contribution in [1.29, 1.82) is 0 Å². The summed E-state index contributed by atoms with van der Waals surface area (Å²) in [5.74, 6) is -0.889. The number of hydrogen-bond acceptors (Lipinski definition) is 3. The lowest BCUT2D eigenvalue weighted by molar-refractivity contribution is -0.160. The van der Waals surface area contributed by atoms with Crippen LogP contribution in [0.3, 0.4) is 0 Å². The molecular weight excluding hydrogens is 232 g/mol. The Balaban J connectivity index is 2.38. The molecule has 1 aromatic carbocycles. The van der Waals surface area contributed by atoms with Gasteiger partial charge in [-0.05, 0) is 31.0 Å². The van der Waals surface area contributed by atoms with Crippen molar-refractivity contribution in [1.82, 2.24) is 5.06 Å². The Morgan fingerprint density at radius 3 is 2.83 bits per heavy atom. The summed E-state index contributed by atoms with van der Waals surface area (Å²) in [5, 5.41) is 1.35. The van der Waals surface area contributed by atoms with Crippen LogP contribution >= 0.6 is 0 Å². The monoisotopic (exact) mass is 248 g/mol. The molecule has 1 atom stereocenters. The molecule has 0 aliphatic carbocycles. The average Bonchev–Trinajstić information content (AvgIpc) is 2.70. The summed E-state index contributed by atoms with van der Waals surface area (Å²) in [7, 11) is 0. The van der Waals surface area contributed by atoms with E-state index in [0.717, 1.165) is 11.1 Å². The van der Waals surface area contributed by atoms with Crippen molar-refractivity contribution in [3.63, 3.8) is 0 Å². The van der Waals surface area contributed by atoms with Gasteiger partial charge in [0, 0.05) is 12.1 Å². The van der Waals surface area contributed by atoms with Gasteiger partial charge in [-0.1, -0.05) is 12.1 Å². The van der Waals surface area contributed by atoms with Crippen LogP contribution in [-0.4, -0.2) is 30.0 Å². The van der Waals surface area contributed by atoms with Crippen molar-refractivity contribution in [2.24, 2.45) is 5.73 Å². The van der Waals surface area contributed by atoms with E-state index in [4.69, 9.17) is 10.6 Å². The van der Waals surface area contributed by atoms with E-state index < -0.39 is 5.91 Å². The molecule has 1 saturated heterocycles. The van der Waals surface area contributed by atoms with Gasteiger partial charge in [-0.15, -0.1) is 0 Å². The fourth-order valence-electron chi connectivity index (χ4n) is 2.24. The third-order valence-corrected chi connectivity index (χ3v) is 3.24. The number of benzene rings is 1. The second-order valence-corrected chi connectivity index (χ2v) is 4.27. The van der Waals surface area contributed by atoms with E-state index in [1.165, 1.54) is 5.06 Å². The Bertz CT molecular complexity index is 499. The standard InChI is InChI=1S/C13H16N2O3/c1-3-15-13(17)11(7-18-15)9-5-4-6-10(8(9)2)12(14)16/h4-6,11H,3,7H2,1-2H3,(H2,14,16)/t11-/m0/s1. The number of hydroxylamine groups is 2. The van der Waals surface area contributed by atoms with E-state index >= 15 is 0 Å². The topological polar surface area (TPSA) is 72.6 Å². The summed E-state index contributed by atoms with van der Waals surface area (Å²) in [5.41, 5.74) is 7.33. The van der Waals surface area contributed by atoms with E-state index in [1.807, 2.05) is 13.0 Å². The van der Waals surface area contributed by atoms with E-state index in [-0.39, 0.29) is 11.8 Å². The highest BCUT2D eigenvalue weighted by Crippen LogP contribution is 2.29. The summed E-state index contributed by atoms with van der Waals surface area (Å²) in [6, 6.07) is 5.25. The summed E-state index contributed by atoms with van der Waals surface area (Å²) >= 11 is 0. The molecule has 0 bridgehead atoms. The van der Waals surface area contributed by atoms with Crippen LogP contribution in [0.4, 0.5) is 0 Å². The fraction of sp³-hybridized carbons (Fsp3) is 0.385. The molecule has 2 rings (SSSR count). The maximum Gasteiger partial charge on any atom is 0.256 e. The van der Waals surface area contributed by atoms with Crippen molar-refractivity contribution in [2.45, 2.75) is 19.8 Å². The molecule has 0 unspecified atom stereocenters. The molecule has 1 heterocycles. The van der Waals surface area contributed by atoms with Gasteiger partial charge < -0.3 is 5.73 Å². The van der Waals surface area contributed by atoms with E-state index in [9.17, 15) is 9.59 Å². The number of rotatable bonds is 3. The largest absolute Gasteiger partial charge is 0.366 e. The highest BCUT2D eigenvalue weighted by Gasteiger charge is 2.34. The van der Waals surface area contributed by atoms with Crippen LogP contribution in [-0.2, 0) is 9.63 Å². The Morgan fingerprint density at radius 1 is 1.56 bits per heavy atom. The zero-order valence-corrected chi connectivity index (χ0v) is 10.5. The Labute approximate surface area is 105 Å². The first-order chi connectivity index (χ1) is 8.56. The molecule has 0 radical (unpaired) electrons. The summed E-state index contributed by atoms with van der Waals surface area (Å²) in [6.45, 7) is 4.49. The first-order valence-electron chi connectivity index (χ1n) is 5.89. The Hall–Kier alpha value is -1.88. The maximum absolute atomic E-state index is 12.1. The Kier molecular flexibility index (Phi) is 3.34. The number of nitrogens with zero attached hydrogens (tertiary/aromatic N) is 1. The minimum Gasteiger partial charge on any atom is -0.366 e. The molecule has 1 aromatic rings. The second-order valence-electron chi connectivity index (χ2n) is 4.27. The lowest BCUT2D eigenvalue weighted by Crippen LogP contribution is -2.25. The number of nitrogens with two attached hydrogens (primary N) is 1. The second kappa shape index (κ2) is 4.78. The van der Waals surface area contributed by atoms with E-state index in [1.54, 1.807) is 19.1 Å². The number of carbonyl (C=O) groups excluding carboxylic acids is 2. The summed E-state index contributed by atoms with van der Waals surface area (Å²) in [6.07, 6.45) is 0. The molecule has 0 spiro atoms. The van der Waals surface area contributed by atoms with Crippen LogP contribution in [0.25, 0.3) is 0 Å². The first-order valence-corrected chi connectivity index (χ1v) is 5.89. The summed E-state index contributed by atoms with van der Waals surface area (Å²) in [4.78, 5) is 28.6. The van der Waals surface area contributed by atoms with Crippen LogP contribution in [0.5, 0.6) is 0 Å². The molecule has 1 fully saturated rings. The number of primary amides is 1. The summed E-state index contributed by atoms with van der Waals surface area (Å²) < 4.78 is 0. The molecule has 2 N–H and O–H groups in total. The van der Waals surface area contributed by atoms with Crippen molar-refractivity contribution in [3.8, 4) is 0 Å². The molecule has 1 aliphatic heterocycles. The maximum atomic E-state index is 12.1. The van der Waals surface area contributed by atoms with Gasteiger partial charge >= 0.3 is 0 Å². The highest BCUT2D eigenvalue weighted by atomic mass is 16.7. The zero-order valence-electron chi connectivity index (χ0n) is 10.5. The van der Waals surface area contributed by atoms with Gasteiger partial charge in [-0.3, -0.25) is 14.4 Å². The molecule has 0 saturated carbocycles. The van der Waals surface area contributed by atoms with E-state index in [0.29, 0.717) is 18.7 Å². The van der Waals surface area contributed by atoms with Crippen molar-refractivity contribution in [2.75, 3.05) is 13.2 Å². The predicted octanol–water partition coefficient (Wildman–Crippen LogP) is 0.971. The number of likely N-dealkylation sites (N-methyl/N-ethyl adjacent to an activating group) is 1. The lowest BCUT2D eigenvalue weighted by atomic mass is 9.92. The van der Waals surface area contributed by atoms with Crippen LogP contribution in [0.1, 0.15) is 34.3 Å².